The third-order valence-electron chi connectivity index (χ3n) is 5.42. The Bertz CT molecular complexity index is 1080. The molecule has 1 N–H and O–H groups in total. The molecule has 0 amide bonds. The summed E-state index contributed by atoms with van der Waals surface area (Å²) < 4.78 is 2.04. The Morgan fingerprint density at radius 3 is 2.17 bits per heavy atom. The number of hydrogen-bond acceptors (Lipinski definition) is 5. The number of benzene rings is 2. The number of aromatic amines is 1. The van der Waals surface area contributed by atoms with Crippen LogP contribution in [0.2, 0.25) is 0 Å². The molecule has 7 nitrogen and oxygen atoms in total. The summed E-state index contributed by atoms with van der Waals surface area (Å²) in [5.41, 5.74) is 4.13. The third kappa shape index (κ3) is 3.35. The van der Waals surface area contributed by atoms with Gasteiger partial charge in [0.05, 0.1) is 5.69 Å². The zero-order valence-corrected chi connectivity index (χ0v) is 16.4. The van der Waals surface area contributed by atoms with Crippen LogP contribution in [0.5, 0.6) is 0 Å². The number of anilines is 2. The number of piperazine rings is 1. The zero-order chi connectivity index (χ0) is 19.6. The third-order valence-corrected chi connectivity index (χ3v) is 5.42. The maximum Gasteiger partial charge on any atom is 0.227 e. The van der Waals surface area contributed by atoms with Crippen molar-refractivity contribution in [1.82, 2.24) is 25.0 Å². The molecular weight excluding hydrogens is 362 g/mol. The first-order chi connectivity index (χ1) is 14.3. The lowest BCUT2D eigenvalue weighted by Gasteiger charge is -2.36. The van der Waals surface area contributed by atoms with Gasteiger partial charge in [0.1, 0.15) is 5.69 Å². The quantitative estimate of drug-likeness (QED) is 0.584. The van der Waals surface area contributed by atoms with Crippen LogP contribution in [-0.4, -0.2) is 51.1 Å². The van der Waals surface area contributed by atoms with E-state index in [-0.39, 0.29) is 0 Å². The van der Waals surface area contributed by atoms with Gasteiger partial charge in [0, 0.05) is 44.5 Å². The van der Waals surface area contributed by atoms with Crippen molar-refractivity contribution in [2.75, 3.05) is 36.0 Å². The van der Waals surface area contributed by atoms with Crippen LogP contribution >= 0.6 is 0 Å². The minimum absolute atomic E-state index is 0.792. The molecule has 29 heavy (non-hydrogen) atoms. The van der Waals surface area contributed by atoms with E-state index >= 15 is 0 Å². The molecule has 0 bridgehead atoms. The Morgan fingerprint density at radius 2 is 1.45 bits per heavy atom. The van der Waals surface area contributed by atoms with E-state index in [2.05, 4.69) is 60.5 Å². The fraction of sp³-hybridized carbons (Fsp3) is 0.227. The first kappa shape index (κ1) is 17.5. The second-order valence-electron chi connectivity index (χ2n) is 7.23. The number of aromatic nitrogens is 5. The van der Waals surface area contributed by atoms with Crippen molar-refractivity contribution < 1.29 is 0 Å². The van der Waals surface area contributed by atoms with Crippen molar-refractivity contribution in [1.29, 1.82) is 0 Å². The molecule has 0 saturated carbocycles. The average molecular weight is 385 g/mol. The minimum Gasteiger partial charge on any atom is -0.368 e. The molecule has 5 rings (SSSR count). The standard InChI is InChI=1S/C22H23N7/c1-27-21(20-16-19(23-24-20)17-8-4-2-5-9-17)25-26-22(27)29-14-12-28(13-15-29)18-10-6-3-7-11-18/h2-11,16H,12-15H2,1H3,(H,23,24). The summed E-state index contributed by atoms with van der Waals surface area (Å²) in [5, 5.41) is 16.4. The highest BCUT2D eigenvalue weighted by atomic mass is 15.4. The molecule has 0 aliphatic carbocycles. The number of para-hydroxylation sites is 1. The molecule has 1 saturated heterocycles. The van der Waals surface area contributed by atoms with Crippen molar-refractivity contribution in [2.45, 2.75) is 0 Å². The van der Waals surface area contributed by atoms with Crippen LogP contribution in [-0.2, 0) is 7.05 Å². The van der Waals surface area contributed by atoms with Crippen LogP contribution in [0, 0.1) is 0 Å². The molecule has 0 atom stereocenters. The van der Waals surface area contributed by atoms with Gasteiger partial charge in [0.25, 0.3) is 0 Å². The van der Waals surface area contributed by atoms with E-state index in [0.717, 1.165) is 54.9 Å². The van der Waals surface area contributed by atoms with Crippen LogP contribution in [0.1, 0.15) is 0 Å². The van der Waals surface area contributed by atoms with Gasteiger partial charge in [-0.1, -0.05) is 48.5 Å². The first-order valence-corrected chi connectivity index (χ1v) is 9.85. The van der Waals surface area contributed by atoms with Crippen molar-refractivity contribution in [3.8, 4) is 22.8 Å². The lowest BCUT2D eigenvalue weighted by atomic mass is 10.1. The van der Waals surface area contributed by atoms with Gasteiger partial charge in [-0.05, 0) is 18.2 Å². The maximum absolute atomic E-state index is 4.47. The summed E-state index contributed by atoms with van der Waals surface area (Å²) in [4.78, 5) is 4.71. The Labute approximate surface area is 169 Å². The predicted molar refractivity (Wildman–Crippen MR) is 115 cm³/mol. The number of nitrogens with zero attached hydrogens (tertiary/aromatic N) is 6. The zero-order valence-electron chi connectivity index (χ0n) is 16.4. The predicted octanol–water partition coefficient (Wildman–Crippen LogP) is 3.20. The number of rotatable bonds is 4. The van der Waals surface area contributed by atoms with Crippen LogP contribution < -0.4 is 9.80 Å². The lowest BCUT2D eigenvalue weighted by molar-refractivity contribution is 0.630. The van der Waals surface area contributed by atoms with Gasteiger partial charge in [-0.3, -0.25) is 9.67 Å². The van der Waals surface area contributed by atoms with Crippen molar-refractivity contribution in [3.05, 3.63) is 66.7 Å². The fourth-order valence-corrected chi connectivity index (χ4v) is 3.83. The van der Waals surface area contributed by atoms with Crippen LogP contribution in [0.4, 0.5) is 11.6 Å². The fourth-order valence-electron chi connectivity index (χ4n) is 3.83. The highest BCUT2D eigenvalue weighted by Crippen LogP contribution is 2.25. The summed E-state index contributed by atoms with van der Waals surface area (Å²) in [6, 6.07) is 22.7. The minimum atomic E-state index is 0.792. The highest BCUT2D eigenvalue weighted by Gasteiger charge is 2.23. The summed E-state index contributed by atoms with van der Waals surface area (Å²) in [7, 11) is 2.01. The first-order valence-electron chi connectivity index (χ1n) is 9.85. The molecule has 1 fully saturated rings. The van der Waals surface area contributed by atoms with Crippen molar-refractivity contribution in [3.63, 3.8) is 0 Å². The number of nitrogens with one attached hydrogen (secondary N) is 1. The SMILES string of the molecule is Cn1c(-c2cc(-c3ccccc3)n[nH]2)nnc1N1CCN(c2ccccc2)CC1. The molecule has 3 heterocycles. The molecule has 0 spiro atoms. The molecule has 2 aromatic carbocycles. The molecule has 4 aromatic rings. The smallest absolute Gasteiger partial charge is 0.227 e. The Balaban J connectivity index is 1.33. The molecule has 2 aromatic heterocycles. The summed E-state index contributed by atoms with van der Waals surface area (Å²) >= 11 is 0. The van der Waals surface area contributed by atoms with E-state index in [1.54, 1.807) is 0 Å². The van der Waals surface area contributed by atoms with Gasteiger partial charge in [0.15, 0.2) is 5.82 Å². The molecular formula is C22H23N7. The number of H-pyrrole nitrogens is 1. The van der Waals surface area contributed by atoms with E-state index in [9.17, 15) is 0 Å². The highest BCUT2D eigenvalue weighted by molar-refractivity contribution is 5.65. The topological polar surface area (TPSA) is 65.9 Å². The Hall–Kier alpha value is -3.61. The molecule has 1 aliphatic heterocycles. The van der Waals surface area contributed by atoms with Gasteiger partial charge in [-0.2, -0.15) is 5.10 Å². The Morgan fingerprint density at radius 1 is 0.793 bits per heavy atom. The summed E-state index contributed by atoms with van der Waals surface area (Å²) in [6.07, 6.45) is 0. The maximum atomic E-state index is 4.47. The molecule has 146 valence electrons. The average Bonchev–Trinajstić information content (AvgIpc) is 3.42. The van der Waals surface area contributed by atoms with Gasteiger partial charge >= 0.3 is 0 Å². The summed E-state index contributed by atoms with van der Waals surface area (Å²) in [6.45, 7) is 3.76. The van der Waals surface area contributed by atoms with E-state index in [1.807, 2.05) is 48.0 Å². The molecule has 7 heteroatoms. The van der Waals surface area contributed by atoms with Gasteiger partial charge in [-0.25, -0.2) is 0 Å². The van der Waals surface area contributed by atoms with Crippen LogP contribution in [0.25, 0.3) is 22.8 Å². The summed E-state index contributed by atoms with van der Waals surface area (Å²) in [5.74, 6) is 1.68. The van der Waals surface area contributed by atoms with Gasteiger partial charge in [0.2, 0.25) is 5.95 Å². The molecule has 0 unspecified atom stereocenters. The lowest BCUT2D eigenvalue weighted by Crippen LogP contribution is -2.47. The monoisotopic (exact) mass is 385 g/mol. The van der Waals surface area contributed by atoms with E-state index in [1.165, 1.54) is 5.69 Å². The van der Waals surface area contributed by atoms with Crippen molar-refractivity contribution >= 4 is 11.6 Å². The second-order valence-corrected chi connectivity index (χ2v) is 7.23. The largest absolute Gasteiger partial charge is 0.368 e. The van der Waals surface area contributed by atoms with E-state index in [0.29, 0.717) is 0 Å². The van der Waals surface area contributed by atoms with Gasteiger partial charge in [-0.15, -0.1) is 10.2 Å². The van der Waals surface area contributed by atoms with Crippen LogP contribution in [0.15, 0.2) is 66.7 Å². The molecule has 1 aliphatic rings. The van der Waals surface area contributed by atoms with Crippen LogP contribution in [0.3, 0.4) is 0 Å². The van der Waals surface area contributed by atoms with E-state index in [4.69, 9.17) is 0 Å². The molecule has 0 radical (unpaired) electrons. The number of hydrogen-bond donors (Lipinski definition) is 1. The Kier molecular flexibility index (Phi) is 4.48. The van der Waals surface area contributed by atoms with Gasteiger partial charge < -0.3 is 9.80 Å². The van der Waals surface area contributed by atoms with E-state index < -0.39 is 0 Å². The second kappa shape index (κ2) is 7.43. The van der Waals surface area contributed by atoms with Crippen molar-refractivity contribution in [2.24, 2.45) is 7.05 Å². The normalized spacial score (nSPS) is 14.4.